The van der Waals surface area contributed by atoms with Crippen LogP contribution in [0.5, 0.6) is 0 Å². The van der Waals surface area contributed by atoms with Crippen molar-refractivity contribution in [2.45, 2.75) is 20.3 Å². The number of rotatable bonds is 1. The van der Waals surface area contributed by atoms with Crippen LogP contribution < -0.4 is 0 Å². The van der Waals surface area contributed by atoms with Crippen LogP contribution in [0.2, 0.25) is 0 Å². The van der Waals surface area contributed by atoms with E-state index in [4.69, 9.17) is 9.47 Å². The molecule has 0 bridgehead atoms. The molecule has 90 valence electrons. The van der Waals surface area contributed by atoms with Crippen molar-refractivity contribution >= 4 is 5.91 Å². The first-order valence-electron chi connectivity index (χ1n) is 5.90. The van der Waals surface area contributed by atoms with Gasteiger partial charge < -0.3 is 14.4 Å². The highest BCUT2D eigenvalue weighted by Gasteiger charge is 2.28. The molecule has 0 unspecified atom stereocenters. The summed E-state index contributed by atoms with van der Waals surface area (Å²) in [5.74, 6) is 1.46. The molecule has 0 N–H and O–H groups in total. The lowest BCUT2D eigenvalue weighted by Crippen LogP contribution is -2.43. The molecular weight excluding hydrogens is 206 g/mol. The Hall–Kier alpha value is -1.19. The van der Waals surface area contributed by atoms with Crippen LogP contribution in [-0.4, -0.2) is 37.1 Å². The van der Waals surface area contributed by atoms with Crippen LogP contribution in [0.15, 0.2) is 12.0 Å². The van der Waals surface area contributed by atoms with E-state index >= 15 is 0 Å². The van der Waals surface area contributed by atoms with Gasteiger partial charge in [0.2, 0.25) is 5.76 Å². The van der Waals surface area contributed by atoms with Gasteiger partial charge in [-0.05, 0) is 18.3 Å². The van der Waals surface area contributed by atoms with E-state index in [9.17, 15) is 4.79 Å². The Balaban J connectivity index is 2.00. The summed E-state index contributed by atoms with van der Waals surface area (Å²) >= 11 is 0. The van der Waals surface area contributed by atoms with Crippen LogP contribution in [0.4, 0.5) is 0 Å². The molecule has 2 aliphatic heterocycles. The number of hydrogen-bond donors (Lipinski definition) is 0. The Labute approximate surface area is 96.2 Å². The molecule has 0 aromatic rings. The van der Waals surface area contributed by atoms with Gasteiger partial charge in [0.1, 0.15) is 19.5 Å². The molecule has 0 aliphatic carbocycles. The summed E-state index contributed by atoms with van der Waals surface area (Å²) in [4.78, 5) is 14.0. The first-order chi connectivity index (χ1) is 7.66. The standard InChI is InChI=1S/C12H19NO3/c1-9-5-10(2)7-13(6-9)12(14)11-8-15-3-4-16-11/h8-10H,3-7H2,1-2H3/t9-,10-/m1/s1. The van der Waals surface area contributed by atoms with E-state index in [1.165, 1.54) is 12.7 Å². The van der Waals surface area contributed by atoms with E-state index in [-0.39, 0.29) is 5.91 Å². The molecule has 0 aromatic carbocycles. The van der Waals surface area contributed by atoms with Crippen molar-refractivity contribution in [2.75, 3.05) is 26.3 Å². The zero-order valence-electron chi connectivity index (χ0n) is 9.94. The van der Waals surface area contributed by atoms with E-state index in [1.54, 1.807) is 0 Å². The van der Waals surface area contributed by atoms with Crippen LogP contribution in [0.1, 0.15) is 20.3 Å². The summed E-state index contributed by atoms with van der Waals surface area (Å²) < 4.78 is 10.4. The molecule has 1 amide bonds. The Morgan fingerprint density at radius 2 is 2.00 bits per heavy atom. The van der Waals surface area contributed by atoms with Crippen molar-refractivity contribution < 1.29 is 14.3 Å². The maximum absolute atomic E-state index is 12.1. The van der Waals surface area contributed by atoms with Crippen molar-refractivity contribution in [3.63, 3.8) is 0 Å². The topological polar surface area (TPSA) is 38.8 Å². The predicted octanol–water partition coefficient (Wildman–Crippen LogP) is 1.38. The average Bonchev–Trinajstić information content (AvgIpc) is 2.28. The van der Waals surface area contributed by atoms with E-state index in [2.05, 4.69) is 13.8 Å². The second kappa shape index (κ2) is 4.76. The van der Waals surface area contributed by atoms with Gasteiger partial charge in [-0.25, -0.2) is 0 Å². The largest absolute Gasteiger partial charge is 0.494 e. The molecule has 2 aliphatic rings. The third kappa shape index (κ3) is 2.49. The van der Waals surface area contributed by atoms with Crippen molar-refractivity contribution in [1.82, 2.24) is 4.90 Å². The van der Waals surface area contributed by atoms with Gasteiger partial charge in [-0.1, -0.05) is 13.8 Å². The summed E-state index contributed by atoms with van der Waals surface area (Å²) in [6, 6.07) is 0. The van der Waals surface area contributed by atoms with Gasteiger partial charge in [-0.3, -0.25) is 4.79 Å². The van der Waals surface area contributed by atoms with E-state index < -0.39 is 0 Å². The highest BCUT2D eigenvalue weighted by atomic mass is 16.6. The predicted molar refractivity (Wildman–Crippen MR) is 59.5 cm³/mol. The summed E-state index contributed by atoms with van der Waals surface area (Å²) in [6.45, 7) is 7.01. The number of hydrogen-bond acceptors (Lipinski definition) is 3. The lowest BCUT2D eigenvalue weighted by molar-refractivity contribution is -0.134. The number of ether oxygens (including phenoxy) is 2. The number of piperidine rings is 1. The Kier molecular flexibility index (Phi) is 3.36. The van der Waals surface area contributed by atoms with Crippen LogP contribution >= 0.6 is 0 Å². The number of carbonyl (C=O) groups is 1. The summed E-state index contributed by atoms with van der Waals surface area (Å²) in [5, 5.41) is 0. The van der Waals surface area contributed by atoms with Crippen LogP contribution in [0.3, 0.4) is 0 Å². The SMILES string of the molecule is C[C@@H]1C[C@@H](C)CN(C(=O)C2=COCCO2)C1. The second-order valence-electron chi connectivity index (χ2n) is 4.86. The van der Waals surface area contributed by atoms with Gasteiger partial charge in [0.05, 0.1) is 0 Å². The third-order valence-corrected chi connectivity index (χ3v) is 3.02. The quantitative estimate of drug-likeness (QED) is 0.676. The van der Waals surface area contributed by atoms with E-state index in [1.807, 2.05) is 4.90 Å². The number of carbonyl (C=O) groups excluding carboxylic acids is 1. The molecule has 2 heterocycles. The van der Waals surface area contributed by atoms with Crippen LogP contribution in [0, 0.1) is 11.8 Å². The maximum atomic E-state index is 12.1. The molecule has 4 heteroatoms. The smallest absolute Gasteiger partial charge is 0.292 e. The zero-order valence-corrected chi connectivity index (χ0v) is 9.94. The van der Waals surface area contributed by atoms with Crippen molar-refractivity contribution in [3.8, 4) is 0 Å². The molecule has 4 nitrogen and oxygen atoms in total. The second-order valence-corrected chi connectivity index (χ2v) is 4.86. The number of likely N-dealkylation sites (tertiary alicyclic amines) is 1. The highest BCUT2D eigenvalue weighted by molar-refractivity contribution is 5.91. The third-order valence-electron chi connectivity index (χ3n) is 3.02. The van der Waals surface area contributed by atoms with Crippen molar-refractivity contribution in [3.05, 3.63) is 12.0 Å². The molecule has 1 fully saturated rings. The zero-order chi connectivity index (χ0) is 11.5. The van der Waals surface area contributed by atoms with Crippen molar-refractivity contribution in [1.29, 1.82) is 0 Å². The number of nitrogens with zero attached hydrogens (tertiary/aromatic N) is 1. The minimum atomic E-state index is -0.0295. The summed E-state index contributed by atoms with van der Waals surface area (Å²) in [7, 11) is 0. The van der Waals surface area contributed by atoms with Crippen molar-refractivity contribution in [2.24, 2.45) is 11.8 Å². The first-order valence-corrected chi connectivity index (χ1v) is 5.90. The maximum Gasteiger partial charge on any atom is 0.292 e. The summed E-state index contributed by atoms with van der Waals surface area (Å²) in [6.07, 6.45) is 2.63. The first kappa shape index (κ1) is 11.3. The fraction of sp³-hybridized carbons (Fsp3) is 0.750. The Morgan fingerprint density at radius 1 is 1.31 bits per heavy atom. The molecule has 2 atom stereocenters. The van der Waals surface area contributed by atoms with E-state index in [0.29, 0.717) is 30.8 Å². The Morgan fingerprint density at radius 3 is 2.56 bits per heavy atom. The minimum absolute atomic E-state index is 0.0295. The van der Waals surface area contributed by atoms with Gasteiger partial charge in [0.25, 0.3) is 5.91 Å². The van der Waals surface area contributed by atoms with Crippen LogP contribution in [0.25, 0.3) is 0 Å². The molecule has 2 rings (SSSR count). The van der Waals surface area contributed by atoms with Gasteiger partial charge in [0, 0.05) is 13.1 Å². The molecule has 1 saturated heterocycles. The minimum Gasteiger partial charge on any atom is -0.494 e. The number of amides is 1. The molecular formula is C12H19NO3. The lowest BCUT2D eigenvalue weighted by atomic mass is 9.92. The molecule has 16 heavy (non-hydrogen) atoms. The fourth-order valence-electron chi connectivity index (χ4n) is 2.47. The van der Waals surface area contributed by atoms with Gasteiger partial charge in [0.15, 0.2) is 0 Å². The van der Waals surface area contributed by atoms with Gasteiger partial charge in [-0.15, -0.1) is 0 Å². The molecule has 0 radical (unpaired) electrons. The van der Waals surface area contributed by atoms with E-state index in [0.717, 1.165) is 13.1 Å². The Bertz CT molecular complexity index is 291. The summed E-state index contributed by atoms with van der Waals surface area (Å²) in [5.41, 5.74) is 0. The lowest BCUT2D eigenvalue weighted by Gasteiger charge is -2.35. The van der Waals surface area contributed by atoms with Gasteiger partial charge >= 0.3 is 0 Å². The van der Waals surface area contributed by atoms with Crippen LogP contribution in [-0.2, 0) is 14.3 Å². The molecule has 0 spiro atoms. The highest BCUT2D eigenvalue weighted by Crippen LogP contribution is 2.22. The fourth-order valence-corrected chi connectivity index (χ4v) is 2.47. The normalized spacial score (nSPS) is 30.1. The molecule has 0 saturated carbocycles. The average molecular weight is 225 g/mol. The van der Waals surface area contributed by atoms with Gasteiger partial charge in [-0.2, -0.15) is 0 Å². The molecule has 0 aromatic heterocycles. The monoisotopic (exact) mass is 225 g/mol.